The van der Waals surface area contributed by atoms with Crippen LogP contribution in [0.4, 0.5) is 0 Å². The maximum Gasteiger partial charge on any atom is 0.267 e. The molecule has 2 heterocycles. The van der Waals surface area contributed by atoms with Crippen molar-refractivity contribution in [3.05, 3.63) is 57.5 Å². The lowest BCUT2D eigenvalue weighted by Crippen LogP contribution is -2.37. The van der Waals surface area contributed by atoms with Crippen molar-refractivity contribution in [3.8, 4) is 0 Å². The molecule has 1 aromatic carbocycles. The SMILES string of the molecule is O=C(CCc1ccccc1)N1CCc2c([nH][nH]c2=O)C1. The lowest BCUT2D eigenvalue weighted by Gasteiger charge is -2.26. The number of hydrogen-bond donors (Lipinski definition) is 2. The van der Waals surface area contributed by atoms with Gasteiger partial charge >= 0.3 is 0 Å². The molecular weight excluding hydrogens is 254 g/mol. The second-order valence-corrected chi connectivity index (χ2v) is 5.09. The Morgan fingerprint density at radius 3 is 2.80 bits per heavy atom. The van der Waals surface area contributed by atoms with E-state index in [4.69, 9.17) is 0 Å². The van der Waals surface area contributed by atoms with E-state index in [9.17, 15) is 9.59 Å². The normalized spacial score (nSPS) is 14.1. The third kappa shape index (κ3) is 2.52. The second-order valence-electron chi connectivity index (χ2n) is 5.09. The van der Waals surface area contributed by atoms with Gasteiger partial charge in [0, 0.05) is 18.5 Å². The number of benzene rings is 1. The third-order valence-electron chi connectivity index (χ3n) is 3.77. The van der Waals surface area contributed by atoms with Gasteiger partial charge in [0.05, 0.1) is 12.2 Å². The molecule has 3 rings (SSSR count). The van der Waals surface area contributed by atoms with Gasteiger partial charge in [0.25, 0.3) is 5.56 Å². The summed E-state index contributed by atoms with van der Waals surface area (Å²) < 4.78 is 0. The van der Waals surface area contributed by atoms with Gasteiger partial charge in [0.15, 0.2) is 0 Å². The van der Waals surface area contributed by atoms with Crippen molar-refractivity contribution in [2.75, 3.05) is 6.54 Å². The molecule has 5 nitrogen and oxygen atoms in total. The molecule has 0 saturated carbocycles. The summed E-state index contributed by atoms with van der Waals surface area (Å²) in [5, 5.41) is 5.43. The number of aryl methyl sites for hydroxylation is 1. The summed E-state index contributed by atoms with van der Waals surface area (Å²) in [6.45, 7) is 1.13. The summed E-state index contributed by atoms with van der Waals surface area (Å²) in [6, 6.07) is 10.0. The van der Waals surface area contributed by atoms with Gasteiger partial charge in [0.2, 0.25) is 5.91 Å². The van der Waals surface area contributed by atoms with Crippen LogP contribution in [0.15, 0.2) is 35.1 Å². The van der Waals surface area contributed by atoms with E-state index in [1.807, 2.05) is 35.2 Å². The van der Waals surface area contributed by atoms with Crippen LogP contribution in [0, 0.1) is 0 Å². The first-order chi connectivity index (χ1) is 9.74. The average molecular weight is 271 g/mol. The number of nitrogens with zero attached hydrogens (tertiary/aromatic N) is 1. The van der Waals surface area contributed by atoms with E-state index in [1.54, 1.807) is 0 Å². The predicted molar refractivity (Wildman–Crippen MR) is 75.3 cm³/mol. The highest BCUT2D eigenvalue weighted by molar-refractivity contribution is 5.76. The zero-order valence-corrected chi connectivity index (χ0v) is 11.2. The lowest BCUT2D eigenvalue weighted by atomic mass is 10.1. The highest BCUT2D eigenvalue weighted by Gasteiger charge is 2.23. The Morgan fingerprint density at radius 1 is 1.20 bits per heavy atom. The van der Waals surface area contributed by atoms with Crippen LogP contribution >= 0.6 is 0 Å². The number of H-pyrrole nitrogens is 2. The Balaban J connectivity index is 1.60. The zero-order chi connectivity index (χ0) is 13.9. The topological polar surface area (TPSA) is 69.0 Å². The van der Waals surface area contributed by atoms with Gasteiger partial charge in [-0.05, 0) is 18.4 Å². The van der Waals surface area contributed by atoms with Crippen molar-refractivity contribution in [1.29, 1.82) is 0 Å². The number of nitrogens with one attached hydrogen (secondary N) is 2. The molecule has 0 fully saturated rings. The maximum atomic E-state index is 12.2. The van der Waals surface area contributed by atoms with Crippen molar-refractivity contribution in [3.63, 3.8) is 0 Å². The number of fused-ring (bicyclic) bond motifs is 1. The molecule has 1 aliphatic rings. The minimum absolute atomic E-state index is 0.0589. The summed E-state index contributed by atoms with van der Waals surface area (Å²) in [4.78, 5) is 25.5. The number of aromatic amines is 2. The fourth-order valence-corrected chi connectivity index (χ4v) is 2.60. The summed E-state index contributed by atoms with van der Waals surface area (Å²) in [6.07, 6.45) is 1.89. The van der Waals surface area contributed by atoms with Gasteiger partial charge in [-0.25, -0.2) is 0 Å². The summed E-state index contributed by atoms with van der Waals surface area (Å²) in [5.41, 5.74) is 2.75. The molecule has 0 aliphatic carbocycles. The van der Waals surface area contributed by atoms with Crippen molar-refractivity contribution in [2.45, 2.75) is 25.8 Å². The van der Waals surface area contributed by atoms with E-state index >= 15 is 0 Å². The molecule has 1 aliphatic heterocycles. The highest BCUT2D eigenvalue weighted by atomic mass is 16.2. The molecule has 0 saturated heterocycles. The molecule has 0 radical (unpaired) electrons. The van der Waals surface area contributed by atoms with E-state index in [0.29, 0.717) is 25.9 Å². The smallest absolute Gasteiger partial charge is 0.267 e. The largest absolute Gasteiger partial charge is 0.336 e. The Morgan fingerprint density at radius 2 is 2.00 bits per heavy atom. The number of aromatic nitrogens is 2. The molecule has 20 heavy (non-hydrogen) atoms. The van der Waals surface area contributed by atoms with E-state index in [1.165, 1.54) is 5.56 Å². The number of hydrogen-bond acceptors (Lipinski definition) is 2. The van der Waals surface area contributed by atoms with Gasteiger partial charge < -0.3 is 10.00 Å². The molecule has 2 aromatic rings. The van der Waals surface area contributed by atoms with Crippen LogP contribution in [0.25, 0.3) is 0 Å². The molecule has 1 aromatic heterocycles. The molecule has 0 spiro atoms. The number of carbonyl (C=O) groups is 1. The highest BCUT2D eigenvalue weighted by Crippen LogP contribution is 2.15. The summed E-state index contributed by atoms with van der Waals surface area (Å²) in [5.74, 6) is 0.140. The van der Waals surface area contributed by atoms with Gasteiger partial charge in [-0.3, -0.25) is 14.7 Å². The van der Waals surface area contributed by atoms with E-state index in [-0.39, 0.29) is 11.5 Å². The summed E-state index contributed by atoms with van der Waals surface area (Å²) in [7, 11) is 0. The van der Waals surface area contributed by atoms with Crippen molar-refractivity contribution in [1.82, 2.24) is 15.1 Å². The first-order valence-corrected chi connectivity index (χ1v) is 6.84. The second kappa shape index (κ2) is 5.36. The maximum absolute atomic E-state index is 12.2. The van der Waals surface area contributed by atoms with Gasteiger partial charge in [-0.15, -0.1) is 0 Å². The van der Waals surface area contributed by atoms with Crippen molar-refractivity contribution < 1.29 is 4.79 Å². The molecule has 0 unspecified atom stereocenters. The number of rotatable bonds is 3. The van der Waals surface area contributed by atoms with Crippen LogP contribution < -0.4 is 5.56 Å². The molecule has 2 N–H and O–H groups in total. The lowest BCUT2D eigenvalue weighted by molar-refractivity contribution is -0.132. The Labute approximate surface area is 116 Å². The van der Waals surface area contributed by atoms with Crippen molar-refractivity contribution >= 4 is 5.91 Å². The Hall–Kier alpha value is -2.30. The quantitative estimate of drug-likeness (QED) is 0.881. The minimum Gasteiger partial charge on any atom is -0.336 e. The summed E-state index contributed by atoms with van der Waals surface area (Å²) >= 11 is 0. The molecule has 5 heteroatoms. The molecule has 0 atom stereocenters. The van der Waals surface area contributed by atoms with Crippen molar-refractivity contribution in [2.24, 2.45) is 0 Å². The van der Waals surface area contributed by atoms with Crippen LogP contribution in [0.5, 0.6) is 0 Å². The zero-order valence-electron chi connectivity index (χ0n) is 11.2. The van der Waals surface area contributed by atoms with Gasteiger partial charge in [-0.2, -0.15) is 0 Å². The van der Waals surface area contributed by atoms with Crippen LogP contribution in [-0.2, 0) is 24.2 Å². The van der Waals surface area contributed by atoms with Crippen LogP contribution in [0.3, 0.4) is 0 Å². The molecule has 104 valence electrons. The van der Waals surface area contributed by atoms with E-state index < -0.39 is 0 Å². The molecule has 0 bridgehead atoms. The van der Waals surface area contributed by atoms with E-state index in [2.05, 4.69) is 10.2 Å². The van der Waals surface area contributed by atoms with Crippen LogP contribution in [-0.4, -0.2) is 27.5 Å². The first-order valence-electron chi connectivity index (χ1n) is 6.84. The predicted octanol–water partition coefficient (Wildman–Crippen LogP) is 1.22. The first kappa shape index (κ1) is 12.7. The Bertz CT molecular complexity index is 657. The molecule has 1 amide bonds. The number of amides is 1. The fraction of sp³-hybridized carbons (Fsp3) is 0.333. The van der Waals surface area contributed by atoms with Crippen LogP contribution in [0.1, 0.15) is 23.2 Å². The Kier molecular flexibility index (Phi) is 3.41. The van der Waals surface area contributed by atoms with Crippen LogP contribution in [0.2, 0.25) is 0 Å². The van der Waals surface area contributed by atoms with E-state index in [0.717, 1.165) is 17.7 Å². The monoisotopic (exact) mass is 271 g/mol. The number of carbonyl (C=O) groups excluding carboxylic acids is 1. The molecular formula is C15H17N3O2. The fourth-order valence-electron chi connectivity index (χ4n) is 2.60. The third-order valence-corrected chi connectivity index (χ3v) is 3.77. The average Bonchev–Trinajstić information content (AvgIpc) is 2.87. The van der Waals surface area contributed by atoms with Gasteiger partial charge in [0.1, 0.15) is 0 Å². The van der Waals surface area contributed by atoms with Gasteiger partial charge in [-0.1, -0.05) is 30.3 Å². The minimum atomic E-state index is -0.0589. The standard InChI is InChI=1S/C15H17N3O2/c19-14(7-6-11-4-2-1-3-5-11)18-9-8-12-13(10-18)16-17-15(12)20/h1-5H,6-10H2,(H2,16,17,20).